The van der Waals surface area contributed by atoms with E-state index in [-0.39, 0.29) is 5.78 Å². The van der Waals surface area contributed by atoms with Crippen molar-refractivity contribution in [3.8, 4) is 11.1 Å². The Morgan fingerprint density at radius 3 is 2.62 bits per heavy atom. The van der Waals surface area contributed by atoms with Crippen LogP contribution in [0, 0.1) is 6.20 Å². The Morgan fingerprint density at radius 1 is 1.24 bits per heavy atom. The minimum Gasteiger partial charge on any atom is -0.378 e. The van der Waals surface area contributed by atoms with Gasteiger partial charge >= 0.3 is 0 Å². The average molecular weight is 281 g/mol. The highest BCUT2D eigenvalue weighted by atomic mass is 16.5. The van der Waals surface area contributed by atoms with Crippen molar-refractivity contribution < 1.29 is 9.53 Å². The third kappa shape index (κ3) is 2.81. The van der Waals surface area contributed by atoms with Gasteiger partial charge in [-0.15, -0.1) is 0 Å². The van der Waals surface area contributed by atoms with Crippen LogP contribution in [0.25, 0.3) is 11.1 Å². The van der Waals surface area contributed by atoms with Crippen molar-refractivity contribution in [2.45, 2.75) is 6.92 Å². The van der Waals surface area contributed by atoms with Gasteiger partial charge in [-0.3, -0.25) is 9.78 Å². The maximum absolute atomic E-state index is 12.2. The van der Waals surface area contributed by atoms with Gasteiger partial charge in [0.25, 0.3) is 0 Å². The molecule has 0 aliphatic carbocycles. The van der Waals surface area contributed by atoms with E-state index in [2.05, 4.69) is 16.1 Å². The molecule has 1 aromatic heterocycles. The number of ether oxygens (including phenoxy) is 1. The number of Topliss-reactive ketones (excluding diaryl/α,β-unsaturated/α-hetero) is 1. The fourth-order valence-corrected chi connectivity index (χ4v) is 2.62. The maximum atomic E-state index is 12.2. The van der Waals surface area contributed by atoms with E-state index in [1.54, 1.807) is 13.1 Å². The molecule has 1 aliphatic rings. The van der Waals surface area contributed by atoms with Crippen molar-refractivity contribution >= 4 is 11.5 Å². The first-order valence-corrected chi connectivity index (χ1v) is 7.07. The van der Waals surface area contributed by atoms with E-state index >= 15 is 0 Å². The number of anilines is 1. The molecule has 2 aromatic rings. The lowest BCUT2D eigenvalue weighted by atomic mass is 9.97. The summed E-state index contributed by atoms with van der Waals surface area (Å²) in [6.45, 7) is 4.51. The molecular weight excluding hydrogens is 264 g/mol. The smallest absolute Gasteiger partial charge is 0.162 e. The third-order valence-corrected chi connectivity index (χ3v) is 3.64. The minimum absolute atomic E-state index is 0.0361. The number of benzene rings is 1. The molecule has 2 heterocycles. The largest absolute Gasteiger partial charge is 0.378 e. The van der Waals surface area contributed by atoms with E-state index in [1.807, 2.05) is 30.3 Å². The Bertz CT molecular complexity index is 634. The number of carbonyl (C=O) groups is 1. The summed E-state index contributed by atoms with van der Waals surface area (Å²) in [7, 11) is 0. The van der Waals surface area contributed by atoms with Gasteiger partial charge in [0.15, 0.2) is 5.78 Å². The van der Waals surface area contributed by atoms with Gasteiger partial charge in [0, 0.05) is 18.7 Å². The van der Waals surface area contributed by atoms with Crippen molar-refractivity contribution in [3.63, 3.8) is 0 Å². The summed E-state index contributed by atoms with van der Waals surface area (Å²) in [5, 5.41) is 0. The molecule has 1 aliphatic heterocycles. The first-order chi connectivity index (χ1) is 10.3. The number of morpholine rings is 1. The standard InChI is InChI=1S/C17H17N2O2/c1-13(20)17-15(14-5-3-2-4-6-14)11-18-12-16(17)19-7-9-21-10-8-19/h2-6,12H,7-10H2,1H3. The van der Waals surface area contributed by atoms with E-state index in [0.29, 0.717) is 18.8 Å². The Kier molecular flexibility index (Phi) is 3.97. The molecule has 1 fully saturated rings. The van der Waals surface area contributed by atoms with Crippen LogP contribution in [0.2, 0.25) is 0 Å². The second-order valence-electron chi connectivity index (χ2n) is 5.03. The zero-order chi connectivity index (χ0) is 14.7. The lowest BCUT2D eigenvalue weighted by Gasteiger charge is -2.30. The predicted octanol–water partition coefficient (Wildman–Crippen LogP) is 2.59. The molecule has 0 atom stereocenters. The summed E-state index contributed by atoms with van der Waals surface area (Å²) < 4.78 is 5.38. The number of nitrogens with zero attached hydrogens (tertiary/aromatic N) is 2. The fourth-order valence-electron chi connectivity index (χ4n) is 2.62. The molecule has 4 nitrogen and oxygen atoms in total. The summed E-state index contributed by atoms with van der Waals surface area (Å²) in [4.78, 5) is 18.6. The van der Waals surface area contributed by atoms with E-state index in [1.165, 1.54) is 0 Å². The monoisotopic (exact) mass is 281 g/mol. The summed E-state index contributed by atoms with van der Waals surface area (Å²) in [5.41, 5.74) is 3.30. The first kappa shape index (κ1) is 13.8. The molecule has 0 bridgehead atoms. The van der Waals surface area contributed by atoms with Crippen molar-refractivity contribution in [1.82, 2.24) is 4.98 Å². The zero-order valence-corrected chi connectivity index (χ0v) is 12.0. The summed E-state index contributed by atoms with van der Waals surface area (Å²) in [6.07, 6.45) is 4.72. The summed E-state index contributed by atoms with van der Waals surface area (Å²) in [6, 6.07) is 9.81. The van der Waals surface area contributed by atoms with E-state index < -0.39 is 0 Å². The topological polar surface area (TPSA) is 42.4 Å². The number of aromatic nitrogens is 1. The maximum Gasteiger partial charge on any atom is 0.162 e. The highest BCUT2D eigenvalue weighted by molar-refractivity contribution is 6.05. The molecule has 107 valence electrons. The minimum atomic E-state index is 0.0361. The average Bonchev–Trinajstić information content (AvgIpc) is 2.55. The summed E-state index contributed by atoms with van der Waals surface area (Å²) in [5.74, 6) is 0.0361. The van der Waals surface area contributed by atoms with Gasteiger partial charge in [0.05, 0.1) is 36.9 Å². The normalized spacial score (nSPS) is 15.0. The van der Waals surface area contributed by atoms with Crippen molar-refractivity contribution in [1.29, 1.82) is 0 Å². The molecule has 0 N–H and O–H groups in total. The molecule has 1 saturated heterocycles. The number of pyridine rings is 1. The van der Waals surface area contributed by atoms with E-state index in [4.69, 9.17) is 4.74 Å². The lowest BCUT2D eigenvalue weighted by Crippen LogP contribution is -2.37. The second kappa shape index (κ2) is 6.06. The number of carbonyl (C=O) groups excluding carboxylic acids is 1. The molecule has 0 unspecified atom stereocenters. The van der Waals surface area contributed by atoms with Crippen molar-refractivity contribution in [2.24, 2.45) is 0 Å². The van der Waals surface area contributed by atoms with Gasteiger partial charge in [0.2, 0.25) is 0 Å². The number of ketones is 1. The van der Waals surface area contributed by atoms with Crippen LogP contribution in [0.1, 0.15) is 17.3 Å². The van der Waals surface area contributed by atoms with Gasteiger partial charge in [-0.25, -0.2) is 0 Å². The lowest BCUT2D eigenvalue weighted by molar-refractivity contribution is 0.101. The molecule has 3 rings (SSSR count). The molecule has 4 heteroatoms. The SMILES string of the molecule is CC(=O)c1c(-c2ccccc2)[c]ncc1N1CCOCC1. The Labute approximate surface area is 124 Å². The van der Waals surface area contributed by atoms with Crippen LogP contribution < -0.4 is 4.90 Å². The van der Waals surface area contributed by atoms with E-state index in [0.717, 1.165) is 29.9 Å². The quantitative estimate of drug-likeness (QED) is 0.811. The second-order valence-corrected chi connectivity index (χ2v) is 5.03. The number of hydrogen-bond acceptors (Lipinski definition) is 4. The molecule has 0 saturated carbocycles. The molecule has 1 aromatic carbocycles. The van der Waals surface area contributed by atoms with Gasteiger partial charge in [-0.1, -0.05) is 30.3 Å². The van der Waals surface area contributed by atoms with Crippen molar-refractivity contribution in [2.75, 3.05) is 31.2 Å². The van der Waals surface area contributed by atoms with Crippen LogP contribution in [-0.2, 0) is 4.74 Å². The van der Waals surface area contributed by atoms with Crippen LogP contribution in [-0.4, -0.2) is 37.1 Å². The van der Waals surface area contributed by atoms with Crippen LogP contribution in [0.4, 0.5) is 5.69 Å². The number of rotatable bonds is 3. The van der Waals surface area contributed by atoms with Crippen LogP contribution in [0.5, 0.6) is 0 Å². The van der Waals surface area contributed by atoms with Crippen molar-refractivity contribution in [3.05, 3.63) is 48.3 Å². The predicted molar refractivity (Wildman–Crippen MR) is 81.5 cm³/mol. The third-order valence-electron chi connectivity index (χ3n) is 3.64. The van der Waals surface area contributed by atoms with Crippen LogP contribution in [0.3, 0.4) is 0 Å². The number of hydrogen-bond donors (Lipinski definition) is 0. The Hall–Kier alpha value is -2.20. The highest BCUT2D eigenvalue weighted by Crippen LogP contribution is 2.30. The molecule has 1 radical (unpaired) electrons. The summed E-state index contributed by atoms with van der Waals surface area (Å²) >= 11 is 0. The van der Waals surface area contributed by atoms with Gasteiger partial charge in [-0.2, -0.15) is 0 Å². The Balaban J connectivity index is 2.11. The van der Waals surface area contributed by atoms with Gasteiger partial charge in [0.1, 0.15) is 0 Å². The first-order valence-electron chi connectivity index (χ1n) is 7.07. The van der Waals surface area contributed by atoms with Gasteiger partial charge < -0.3 is 9.64 Å². The Morgan fingerprint density at radius 2 is 1.95 bits per heavy atom. The van der Waals surface area contributed by atoms with Crippen LogP contribution >= 0.6 is 0 Å². The van der Waals surface area contributed by atoms with E-state index in [9.17, 15) is 4.79 Å². The molecular formula is C17H17N2O2. The highest BCUT2D eigenvalue weighted by Gasteiger charge is 2.21. The van der Waals surface area contributed by atoms with Crippen LogP contribution in [0.15, 0.2) is 36.5 Å². The molecule has 0 spiro atoms. The molecule has 21 heavy (non-hydrogen) atoms. The molecule has 0 amide bonds. The zero-order valence-electron chi connectivity index (χ0n) is 12.0. The fraction of sp³-hybridized carbons (Fsp3) is 0.294. The van der Waals surface area contributed by atoms with Gasteiger partial charge in [-0.05, 0) is 12.5 Å².